The van der Waals surface area contributed by atoms with Gasteiger partial charge in [0, 0.05) is 24.3 Å². The van der Waals surface area contributed by atoms with Crippen LogP contribution in [0.25, 0.3) is 27.9 Å². The van der Waals surface area contributed by atoms with Gasteiger partial charge in [0.1, 0.15) is 17.9 Å². The van der Waals surface area contributed by atoms with Crippen LogP contribution in [-0.2, 0) is 0 Å². The number of rotatable bonds is 5. The molecular weight excluding hydrogens is 356 g/mol. The van der Waals surface area contributed by atoms with Gasteiger partial charge in [0.25, 0.3) is 0 Å². The van der Waals surface area contributed by atoms with Crippen molar-refractivity contribution in [3.63, 3.8) is 0 Å². The fourth-order valence-corrected chi connectivity index (χ4v) is 2.94. The maximum absolute atomic E-state index is 12.5. The zero-order valence-electron chi connectivity index (χ0n) is 13.8. The smallest absolute Gasteiger partial charge is 0.332 e. The number of hydrogen-bond donors (Lipinski definition) is 3. The second-order valence-electron chi connectivity index (χ2n) is 5.66. The van der Waals surface area contributed by atoms with Crippen molar-refractivity contribution in [3.05, 3.63) is 58.2 Å². The van der Waals surface area contributed by atoms with E-state index >= 15 is 0 Å². The summed E-state index contributed by atoms with van der Waals surface area (Å²) < 4.78 is 7.14. The summed E-state index contributed by atoms with van der Waals surface area (Å²) in [6.07, 6.45) is 1.75. The summed E-state index contributed by atoms with van der Waals surface area (Å²) in [6, 6.07) is 7.00. The molecule has 0 aliphatic heterocycles. The van der Waals surface area contributed by atoms with Gasteiger partial charge in [-0.15, -0.1) is 10.2 Å². The second kappa shape index (κ2) is 6.23. The number of imidazole rings is 1. The van der Waals surface area contributed by atoms with Crippen LogP contribution >= 0.6 is 11.6 Å². The fraction of sp³-hybridized carbons (Fsp3) is 0.118. The van der Waals surface area contributed by atoms with Gasteiger partial charge in [-0.2, -0.15) is 0 Å². The maximum Gasteiger partial charge on any atom is 0.332 e. The van der Waals surface area contributed by atoms with Gasteiger partial charge in [-0.05, 0) is 24.3 Å². The highest BCUT2D eigenvalue weighted by Gasteiger charge is 2.16. The molecule has 0 aliphatic carbocycles. The molecular formula is C17H15ClN6O2. The van der Waals surface area contributed by atoms with Crippen LogP contribution in [0.1, 0.15) is 0 Å². The quantitative estimate of drug-likeness (QED) is 0.500. The highest BCUT2D eigenvalue weighted by Crippen LogP contribution is 2.29. The van der Waals surface area contributed by atoms with E-state index in [9.17, 15) is 4.79 Å². The number of H-pyrrole nitrogens is 2. The van der Waals surface area contributed by atoms with Gasteiger partial charge < -0.3 is 15.0 Å². The minimum absolute atomic E-state index is 0.294. The summed E-state index contributed by atoms with van der Waals surface area (Å²) >= 11 is 6.34. The number of hydrogen-bond acceptors (Lipinski definition) is 5. The van der Waals surface area contributed by atoms with E-state index in [4.69, 9.17) is 16.3 Å². The van der Waals surface area contributed by atoms with Gasteiger partial charge in [-0.1, -0.05) is 18.2 Å². The number of likely N-dealkylation sites (N-methyl/N-ethyl adjacent to an activating group) is 1. The monoisotopic (exact) mass is 370 g/mol. The topological polar surface area (TPSA) is 101 Å². The normalized spacial score (nSPS) is 11.2. The fourth-order valence-electron chi connectivity index (χ4n) is 2.71. The number of aromatic nitrogens is 5. The Morgan fingerprint density at radius 3 is 2.92 bits per heavy atom. The van der Waals surface area contributed by atoms with Crippen LogP contribution in [0.3, 0.4) is 0 Å². The van der Waals surface area contributed by atoms with Crippen LogP contribution in [0.4, 0.5) is 0 Å². The first-order chi connectivity index (χ1) is 12.6. The lowest BCUT2D eigenvalue weighted by molar-refractivity contribution is 0.345. The van der Waals surface area contributed by atoms with E-state index in [0.717, 1.165) is 11.1 Å². The minimum Gasteiger partial charge on any atom is -0.486 e. The predicted molar refractivity (Wildman–Crippen MR) is 100 cm³/mol. The first kappa shape index (κ1) is 16.2. The van der Waals surface area contributed by atoms with Crippen molar-refractivity contribution in [1.82, 2.24) is 30.0 Å². The third kappa shape index (κ3) is 2.60. The van der Waals surface area contributed by atoms with Gasteiger partial charge >= 0.3 is 5.69 Å². The van der Waals surface area contributed by atoms with E-state index < -0.39 is 0 Å². The Kier molecular flexibility index (Phi) is 3.89. The average Bonchev–Trinajstić information content (AvgIpc) is 3.23. The third-order valence-corrected chi connectivity index (χ3v) is 4.33. The van der Waals surface area contributed by atoms with Gasteiger partial charge in [0.15, 0.2) is 11.3 Å². The molecule has 0 bridgehead atoms. The van der Waals surface area contributed by atoms with Crippen LogP contribution < -0.4 is 15.7 Å². The Morgan fingerprint density at radius 1 is 1.35 bits per heavy atom. The Hall–Kier alpha value is -3.26. The van der Waals surface area contributed by atoms with Crippen molar-refractivity contribution in [2.75, 3.05) is 13.7 Å². The van der Waals surface area contributed by atoms with Crippen LogP contribution in [0.15, 0.2) is 47.5 Å². The lowest BCUT2D eigenvalue weighted by atomic mass is 10.2. The van der Waals surface area contributed by atoms with Gasteiger partial charge in [0.2, 0.25) is 0 Å². The molecule has 0 saturated carbocycles. The molecule has 0 spiro atoms. The highest BCUT2D eigenvalue weighted by molar-refractivity contribution is 6.32. The molecule has 9 heteroatoms. The molecule has 132 valence electrons. The molecule has 0 fully saturated rings. The SMILES string of the molecule is C=C(COc1ccc(-n2c(=O)[nH]c3nnc4[nH]ccc4c32)cc1Cl)NC. The first-order valence-corrected chi connectivity index (χ1v) is 8.19. The van der Waals surface area contributed by atoms with Gasteiger partial charge in [0.05, 0.1) is 10.7 Å². The van der Waals surface area contributed by atoms with Crippen LogP contribution in [0.5, 0.6) is 5.75 Å². The Labute approximate surface area is 152 Å². The summed E-state index contributed by atoms with van der Waals surface area (Å²) in [5, 5.41) is 12.2. The van der Waals surface area contributed by atoms with E-state index in [1.807, 2.05) is 6.07 Å². The number of nitrogens with zero attached hydrogens (tertiary/aromatic N) is 3. The van der Waals surface area contributed by atoms with E-state index in [0.29, 0.717) is 39.9 Å². The van der Waals surface area contributed by atoms with Crippen molar-refractivity contribution in [1.29, 1.82) is 0 Å². The Balaban J connectivity index is 1.82. The number of nitrogens with one attached hydrogen (secondary N) is 3. The van der Waals surface area contributed by atoms with E-state index in [1.54, 1.807) is 31.4 Å². The predicted octanol–water partition coefficient (Wildman–Crippen LogP) is 2.36. The Morgan fingerprint density at radius 2 is 2.15 bits per heavy atom. The molecule has 26 heavy (non-hydrogen) atoms. The number of benzene rings is 1. The first-order valence-electron chi connectivity index (χ1n) is 7.81. The van der Waals surface area contributed by atoms with E-state index in [1.165, 1.54) is 4.57 Å². The molecule has 0 atom stereocenters. The van der Waals surface area contributed by atoms with Crippen molar-refractivity contribution in [2.45, 2.75) is 0 Å². The number of fused-ring (bicyclic) bond motifs is 3. The third-order valence-electron chi connectivity index (χ3n) is 4.04. The summed E-state index contributed by atoms with van der Waals surface area (Å²) in [5.41, 5.74) is 2.64. The summed E-state index contributed by atoms with van der Waals surface area (Å²) in [6.45, 7) is 4.09. The molecule has 0 saturated heterocycles. The van der Waals surface area contributed by atoms with Gasteiger partial charge in [-0.25, -0.2) is 4.79 Å². The minimum atomic E-state index is -0.323. The zero-order valence-corrected chi connectivity index (χ0v) is 14.6. The summed E-state index contributed by atoms with van der Waals surface area (Å²) in [5.74, 6) is 0.506. The molecule has 0 unspecified atom stereocenters. The summed E-state index contributed by atoms with van der Waals surface area (Å²) in [7, 11) is 1.77. The standard InChI is InChI=1S/C17H15ClN6O2/c1-9(19-2)8-26-13-4-3-10(7-12(13)18)24-14-11-5-6-20-15(11)22-23-16(14)21-17(24)25/h3-7,19H,1,8H2,2H3,(H,20,22)(H,21,23,25). The van der Waals surface area contributed by atoms with Crippen molar-refractivity contribution >= 4 is 33.8 Å². The van der Waals surface area contributed by atoms with Crippen molar-refractivity contribution in [2.24, 2.45) is 0 Å². The average molecular weight is 371 g/mol. The lowest BCUT2D eigenvalue weighted by Gasteiger charge is -2.11. The molecule has 3 N–H and O–H groups in total. The summed E-state index contributed by atoms with van der Waals surface area (Å²) in [4.78, 5) is 18.2. The van der Waals surface area contributed by atoms with E-state index in [-0.39, 0.29) is 5.69 Å². The molecule has 8 nitrogen and oxygen atoms in total. The number of ether oxygens (including phenoxy) is 1. The molecule has 3 aromatic heterocycles. The van der Waals surface area contributed by atoms with Crippen LogP contribution in [0.2, 0.25) is 5.02 Å². The highest BCUT2D eigenvalue weighted by atomic mass is 35.5. The van der Waals surface area contributed by atoms with Crippen LogP contribution in [0, 0.1) is 0 Å². The molecule has 1 aromatic carbocycles. The maximum atomic E-state index is 12.5. The number of halogens is 1. The zero-order chi connectivity index (χ0) is 18.3. The lowest BCUT2D eigenvalue weighted by Crippen LogP contribution is -2.15. The van der Waals surface area contributed by atoms with Crippen molar-refractivity contribution in [3.8, 4) is 11.4 Å². The molecule has 0 amide bonds. The van der Waals surface area contributed by atoms with Crippen molar-refractivity contribution < 1.29 is 4.74 Å². The molecule has 0 aliphatic rings. The van der Waals surface area contributed by atoms with Gasteiger partial charge in [-0.3, -0.25) is 9.55 Å². The van der Waals surface area contributed by atoms with Crippen LogP contribution in [-0.4, -0.2) is 38.4 Å². The second-order valence-corrected chi connectivity index (χ2v) is 6.07. The molecule has 3 heterocycles. The number of aromatic amines is 2. The largest absolute Gasteiger partial charge is 0.486 e. The molecule has 4 aromatic rings. The van der Waals surface area contributed by atoms with E-state index in [2.05, 4.69) is 32.1 Å². The molecule has 0 radical (unpaired) electrons. The Bertz CT molecular complexity index is 1190. The molecule has 4 rings (SSSR count).